The number of ether oxygens (including phenoxy) is 1. The third-order valence-electron chi connectivity index (χ3n) is 4.02. The van der Waals surface area contributed by atoms with Gasteiger partial charge in [-0.1, -0.05) is 0 Å². The summed E-state index contributed by atoms with van der Waals surface area (Å²) in [6.45, 7) is 1.78. The topological polar surface area (TPSA) is 86.3 Å². The van der Waals surface area contributed by atoms with Crippen LogP contribution in [0.2, 0.25) is 0 Å². The van der Waals surface area contributed by atoms with E-state index in [0.29, 0.717) is 5.75 Å². The van der Waals surface area contributed by atoms with Gasteiger partial charge in [-0.05, 0) is 48.5 Å². The Balaban J connectivity index is 1.89. The third kappa shape index (κ3) is 4.33. The van der Waals surface area contributed by atoms with Gasteiger partial charge in [0.2, 0.25) is 5.91 Å². The molecule has 1 aromatic heterocycles. The number of amides is 1. The van der Waals surface area contributed by atoms with Crippen LogP contribution in [0.25, 0.3) is 0 Å². The Morgan fingerprint density at radius 1 is 1.45 bits per heavy atom. The standard InChI is InChI=1S/C15H22BrN3O3/c1-9(15(17)21)18-10-3-5-11(6-4-10)22-13-7-14(20)19(2)8-12(13)16/h7-11,18H,3-6H2,1-2H3,(H2,17,21)/t9-,10?,11?/m0/s1. The molecule has 1 aliphatic carbocycles. The number of nitrogens with zero attached hydrogens (tertiary/aromatic N) is 1. The van der Waals surface area contributed by atoms with Gasteiger partial charge in [0.05, 0.1) is 16.6 Å². The second kappa shape index (κ2) is 7.28. The van der Waals surface area contributed by atoms with Crippen molar-refractivity contribution in [2.24, 2.45) is 12.8 Å². The summed E-state index contributed by atoms with van der Waals surface area (Å²) in [7, 11) is 1.70. The molecule has 22 heavy (non-hydrogen) atoms. The van der Waals surface area contributed by atoms with Crippen LogP contribution >= 0.6 is 15.9 Å². The van der Waals surface area contributed by atoms with Crippen molar-refractivity contribution in [2.45, 2.75) is 50.8 Å². The molecule has 1 fully saturated rings. The molecule has 122 valence electrons. The maximum Gasteiger partial charge on any atom is 0.254 e. The average molecular weight is 372 g/mol. The predicted octanol–water partition coefficient (Wildman–Crippen LogP) is 1.30. The fraction of sp³-hybridized carbons (Fsp3) is 0.600. The number of pyridine rings is 1. The van der Waals surface area contributed by atoms with E-state index in [-0.39, 0.29) is 29.7 Å². The molecule has 3 N–H and O–H groups in total. The van der Waals surface area contributed by atoms with E-state index in [1.165, 1.54) is 10.6 Å². The van der Waals surface area contributed by atoms with E-state index in [1.807, 2.05) is 0 Å². The number of halogens is 1. The van der Waals surface area contributed by atoms with Crippen LogP contribution in [0.5, 0.6) is 5.75 Å². The lowest BCUT2D eigenvalue weighted by Gasteiger charge is -2.31. The van der Waals surface area contributed by atoms with Gasteiger partial charge in [-0.3, -0.25) is 9.59 Å². The molecule has 6 nitrogen and oxygen atoms in total. The molecule has 1 aliphatic rings. The van der Waals surface area contributed by atoms with Gasteiger partial charge in [0, 0.05) is 25.4 Å². The lowest BCUT2D eigenvalue weighted by atomic mass is 9.92. The smallest absolute Gasteiger partial charge is 0.254 e. The number of hydrogen-bond donors (Lipinski definition) is 2. The lowest BCUT2D eigenvalue weighted by molar-refractivity contribution is -0.119. The van der Waals surface area contributed by atoms with Crippen molar-refractivity contribution in [3.05, 3.63) is 27.1 Å². The van der Waals surface area contributed by atoms with Crippen molar-refractivity contribution in [1.29, 1.82) is 0 Å². The molecule has 0 aromatic carbocycles. The van der Waals surface area contributed by atoms with Gasteiger partial charge < -0.3 is 20.4 Å². The molecule has 0 radical (unpaired) electrons. The van der Waals surface area contributed by atoms with Crippen LogP contribution in [0.15, 0.2) is 21.5 Å². The number of hydrogen-bond acceptors (Lipinski definition) is 4. The van der Waals surface area contributed by atoms with Gasteiger partial charge >= 0.3 is 0 Å². The molecule has 1 atom stereocenters. The van der Waals surface area contributed by atoms with E-state index < -0.39 is 0 Å². The molecule has 2 rings (SSSR count). The van der Waals surface area contributed by atoms with Crippen LogP contribution in [-0.2, 0) is 11.8 Å². The Bertz CT molecular complexity index is 594. The predicted molar refractivity (Wildman–Crippen MR) is 87.8 cm³/mol. The van der Waals surface area contributed by atoms with Crippen LogP contribution in [-0.4, -0.2) is 28.7 Å². The lowest BCUT2D eigenvalue weighted by Crippen LogP contribution is -2.46. The number of nitrogens with one attached hydrogen (secondary N) is 1. The van der Waals surface area contributed by atoms with Gasteiger partial charge in [-0.2, -0.15) is 0 Å². The molecule has 1 aromatic rings. The van der Waals surface area contributed by atoms with Crippen LogP contribution in [0.4, 0.5) is 0 Å². The first-order chi connectivity index (χ1) is 10.4. The highest BCUT2D eigenvalue weighted by molar-refractivity contribution is 9.10. The number of primary amides is 1. The Morgan fingerprint density at radius 3 is 2.68 bits per heavy atom. The number of aromatic nitrogens is 1. The Labute approximate surface area is 138 Å². The molecule has 7 heteroatoms. The minimum atomic E-state index is -0.331. The zero-order valence-electron chi connectivity index (χ0n) is 12.8. The fourth-order valence-corrected chi connectivity index (χ4v) is 3.15. The summed E-state index contributed by atoms with van der Waals surface area (Å²) in [5.41, 5.74) is 5.17. The SMILES string of the molecule is C[C@H](NC1CCC(Oc2cc(=O)n(C)cc2Br)CC1)C(N)=O. The van der Waals surface area contributed by atoms with Crippen molar-refractivity contribution in [2.75, 3.05) is 0 Å². The average Bonchev–Trinajstić information content (AvgIpc) is 2.46. The van der Waals surface area contributed by atoms with Crippen molar-refractivity contribution < 1.29 is 9.53 Å². The summed E-state index contributed by atoms with van der Waals surface area (Å²) < 4.78 is 8.22. The number of carbonyl (C=O) groups excluding carboxylic acids is 1. The molecular weight excluding hydrogens is 350 g/mol. The Hall–Kier alpha value is -1.34. The van der Waals surface area contributed by atoms with Crippen LogP contribution in [0.3, 0.4) is 0 Å². The summed E-state index contributed by atoms with van der Waals surface area (Å²) in [5, 5.41) is 3.24. The summed E-state index contributed by atoms with van der Waals surface area (Å²) in [6, 6.07) is 1.48. The summed E-state index contributed by atoms with van der Waals surface area (Å²) in [5.74, 6) is 0.257. The normalized spacial score (nSPS) is 23.0. The van der Waals surface area contributed by atoms with Crippen LogP contribution in [0, 0.1) is 0 Å². The van der Waals surface area contributed by atoms with Crippen LogP contribution in [0.1, 0.15) is 32.6 Å². The quantitative estimate of drug-likeness (QED) is 0.816. The van der Waals surface area contributed by atoms with E-state index in [0.717, 1.165) is 30.2 Å². The number of rotatable bonds is 5. The van der Waals surface area contributed by atoms with E-state index in [9.17, 15) is 9.59 Å². The largest absolute Gasteiger partial charge is 0.489 e. The van der Waals surface area contributed by atoms with E-state index in [2.05, 4.69) is 21.2 Å². The first-order valence-corrected chi connectivity index (χ1v) is 8.24. The monoisotopic (exact) mass is 371 g/mol. The first-order valence-electron chi connectivity index (χ1n) is 7.45. The van der Waals surface area contributed by atoms with Gasteiger partial charge in [0.1, 0.15) is 5.75 Å². The molecule has 1 saturated carbocycles. The molecule has 0 aliphatic heterocycles. The Morgan fingerprint density at radius 2 is 2.09 bits per heavy atom. The molecule has 0 unspecified atom stereocenters. The minimum Gasteiger partial charge on any atom is -0.489 e. The minimum absolute atomic E-state index is 0.0883. The van der Waals surface area contributed by atoms with E-state index in [4.69, 9.17) is 10.5 Å². The number of carbonyl (C=O) groups is 1. The van der Waals surface area contributed by atoms with Gasteiger partial charge in [0.25, 0.3) is 5.56 Å². The van der Waals surface area contributed by atoms with Crippen molar-refractivity contribution >= 4 is 21.8 Å². The highest BCUT2D eigenvalue weighted by atomic mass is 79.9. The first kappa shape index (κ1) is 17.0. The van der Waals surface area contributed by atoms with Crippen molar-refractivity contribution in [3.63, 3.8) is 0 Å². The maximum absolute atomic E-state index is 11.7. The number of aryl methyl sites for hydroxylation is 1. The van der Waals surface area contributed by atoms with Crippen LogP contribution < -0.4 is 21.3 Å². The summed E-state index contributed by atoms with van der Waals surface area (Å²) in [4.78, 5) is 22.8. The van der Waals surface area contributed by atoms with Gasteiger partial charge in [0.15, 0.2) is 0 Å². The Kier molecular flexibility index (Phi) is 5.63. The summed E-state index contributed by atoms with van der Waals surface area (Å²) in [6.07, 6.45) is 5.40. The van der Waals surface area contributed by atoms with E-state index in [1.54, 1.807) is 20.2 Å². The van der Waals surface area contributed by atoms with Crippen molar-refractivity contribution in [3.8, 4) is 5.75 Å². The zero-order valence-corrected chi connectivity index (χ0v) is 14.4. The fourth-order valence-electron chi connectivity index (χ4n) is 2.63. The number of nitrogens with two attached hydrogens (primary N) is 1. The highest BCUT2D eigenvalue weighted by Crippen LogP contribution is 2.28. The van der Waals surface area contributed by atoms with Gasteiger partial charge in [-0.15, -0.1) is 0 Å². The van der Waals surface area contributed by atoms with E-state index >= 15 is 0 Å². The molecule has 0 saturated heterocycles. The second-order valence-corrected chi connectivity index (χ2v) is 6.67. The molecule has 0 spiro atoms. The second-order valence-electron chi connectivity index (χ2n) is 5.82. The zero-order chi connectivity index (χ0) is 16.3. The highest BCUT2D eigenvalue weighted by Gasteiger charge is 2.25. The van der Waals surface area contributed by atoms with Gasteiger partial charge in [-0.25, -0.2) is 0 Å². The third-order valence-corrected chi connectivity index (χ3v) is 4.62. The molecule has 1 heterocycles. The molecule has 1 amide bonds. The molecular formula is C15H22BrN3O3. The van der Waals surface area contributed by atoms with Crippen molar-refractivity contribution in [1.82, 2.24) is 9.88 Å². The molecule has 0 bridgehead atoms. The maximum atomic E-state index is 11.7. The summed E-state index contributed by atoms with van der Waals surface area (Å²) >= 11 is 3.42.